The van der Waals surface area contributed by atoms with Gasteiger partial charge in [0.25, 0.3) is 0 Å². The van der Waals surface area contributed by atoms with Gasteiger partial charge in [0, 0.05) is 35.6 Å². The fourth-order valence-corrected chi connectivity index (χ4v) is 4.74. The predicted molar refractivity (Wildman–Crippen MR) is 119 cm³/mol. The molecule has 162 valence electrons. The van der Waals surface area contributed by atoms with Gasteiger partial charge in [0.15, 0.2) is 5.79 Å². The topological polar surface area (TPSA) is 70.4 Å². The molecule has 1 aromatic carbocycles. The summed E-state index contributed by atoms with van der Waals surface area (Å²) in [5.41, 5.74) is 4.65. The molecule has 1 unspecified atom stereocenters. The number of hydrogen-bond donors (Lipinski definition) is 1. The van der Waals surface area contributed by atoms with Crippen LogP contribution >= 0.6 is 11.6 Å². The Labute approximate surface area is 186 Å². The zero-order valence-electron chi connectivity index (χ0n) is 17.6. The molecule has 1 aliphatic carbocycles. The third kappa shape index (κ3) is 3.67. The fourth-order valence-electron chi connectivity index (χ4n) is 4.58. The number of halogens is 1. The Kier molecular flexibility index (Phi) is 5.33. The Balaban J connectivity index is 1.47. The van der Waals surface area contributed by atoms with Crippen LogP contribution in [0.15, 0.2) is 42.9 Å². The van der Waals surface area contributed by atoms with Crippen LogP contribution in [0.5, 0.6) is 5.75 Å². The van der Waals surface area contributed by atoms with Crippen molar-refractivity contribution in [2.24, 2.45) is 0 Å². The van der Waals surface area contributed by atoms with E-state index in [1.807, 2.05) is 42.1 Å². The first-order valence-corrected chi connectivity index (χ1v) is 10.9. The molecule has 1 saturated heterocycles. The van der Waals surface area contributed by atoms with Crippen LogP contribution in [0.1, 0.15) is 30.9 Å². The summed E-state index contributed by atoms with van der Waals surface area (Å²) >= 11 is 6.09. The van der Waals surface area contributed by atoms with E-state index in [9.17, 15) is 0 Å². The van der Waals surface area contributed by atoms with E-state index in [-0.39, 0.29) is 6.04 Å². The minimum absolute atomic E-state index is 0.0812. The number of hydrogen-bond acceptors (Lipinski definition) is 6. The van der Waals surface area contributed by atoms with Crippen molar-refractivity contribution in [3.05, 3.63) is 53.6 Å². The zero-order chi connectivity index (χ0) is 21.4. The molecule has 8 heteroatoms. The van der Waals surface area contributed by atoms with E-state index in [0.717, 1.165) is 53.1 Å². The quantitative estimate of drug-likeness (QED) is 0.555. The molecule has 1 N–H and O–H groups in total. The van der Waals surface area contributed by atoms with Gasteiger partial charge in [-0.3, -0.25) is 4.68 Å². The smallest absolute Gasteiger partial charge is 0.190 e. The average Bonchev–Trinajstić information content (AvgIpc) is 3.53. The van der Waals surface area contributed by atoms with Crippen molar-refractivity contribution in [2.75, 3.05) is 25.6 Å². The SMILES string of the molecule is COc1c(Nc2cc(Cl)ncc2C)cccc1-c1cnn(C2CCCC23OCCO3)c1. The summed E-state index contributed by atoms with van der Waals surface area (Å²) < 4.78 is 19.8. The highest BCUT2D eigenvalue weighted by atomic mass is 35.5. The first kappa shape index (κ1) is 20.3. The molecule has 1 spiro atoms. The summed E-state index contributed by atoms with van der Waals surface area (Å²) in [5, 5.41) is 8.53. The zero-order valence-corrected chi connectivity index (χ0v) is 18.4. The minimum Gasteiger partial charge on any atom is -0.494 e. The number of ether oxygens (including phenoxy) is 3. The molecule has 0 amide bonds. The molecule has 31 heavy (non-hydrogen) atoms. The molecule has 1 atom stereocenters. The second-order valence-corrected chi connectivity index (χ2v) is 8.35. The van der Waals surface area contributed by atoms with E-state index in [1.165, 1.54) is 0 Å². The minimum atomic E-state index is -0.533. The molecule has 1 aliphatic heterocycles. The van der Waals surface area contributed by atoms with E-state index in [1.54, 1.807) is 13.3 Å². The van der Waals surface area contributed by atoms with Gasteiger partial charge >= 0.3 is 0 Å². The number of methoxy groups -OCH3 is 1. The number of aryl methyl sites for hydroxylation is 1. The summed E-state index contributed by atoms with van der Waals surface area (Å²) in [6.07, 6.45) is 8.63. The lowest BCUT2D eigenvalue weighted by Crippen LogP contribution is -2.36. The predicted octanol–water partition coefficient (Wildman–Crippen LogP) is 5.13. The number of para-hydroxylation sites is 1. The number of nitrogens with one attached hydrogen (secondary N) is 1. The molecule has 0 bridgehead atoms. The van der Waals surface area contributed by atoms with Gasteiger partial charge in [0.05, 0.1) is 32.2 Å². The molecule has 2 aliphatic rings. The van der Waals surface area contributed by atoms with Crippen LogP contribution in [0.4, 0.5) is 11.4 Å². The number of benzene rings is 1. The van der Waals surface area contributed by atoms with Crippen LogP contribution in [-0.4, -0.2) is 40.9 Å². The molecule has 2 aromatic heterocycles. The fraction of sp³-hybridized carbons (Fsp3) is 0.391. The van der Waals surface area contributed by atoms with Crippen molar-refractivity contribution in [3.8, 4) is 16.9 Å². The van der Waals surface area contributed by atoms with E-state index in [4.69, 9.17) is 25.8 Å². The van der Waals surface area contributed by atoms with Gasteiger partial charge in [-0.2, -0.15) is 5.10 Å². The highest BCUT2D eigenvalue weighted by Crippen LogP contribution is 2.46. The largest absolute Gasteiger partial charge is 0.494 e. The standard InChI is InChI=1S/C23H25ClN4O3/c1-15-12-25-21(24)11-19(15)27-18-6-3-5-17(22(18)29-2)16-13-26-28(14-16)20-7-4-8-23(20)30-9-10-31-23/h3,5-6,11-14,20H,4,7-10H2,1-2H3,(H,25,27). The maximum atomic E-state index is 6.09. The summed E-state index contributed by atoms with van der Waals surface area (Å²) in [5.74, 6) is 0.207. The lowest BCUT2D eigenvalue weighted by molar-refractivity contribution is -0.177. The van der Waals surface area contributed by atoms with Crippen molar-refractivity contribution in [1.29, 1.82) is 0 Å². The molecule has 3 heterocycles. The van der Waals surface area contributed by atoms with Gasteiger partial charge in [0.2, 0.25) is 0 Å². The van der Waals surface area contributed by atoms with Crippen molar-refractivity contribution < 1.29 is 14.2 Å². The second-order valence-electron chi connectivity index (χ2n) is 7.96. The maximum Gasteiger partial charge on any atom is 0.190 e. The van der Waals surface area contributed by atoms with Crippen LogP contribution in [0.2, 0.25) is 5.15 Å². The van der Waals surface area contributed by atoms with Crippen molar-refractivity contribution in [3.63, 3.8) is 0 Å². The Hall–Kier alpha value is -2.61. The molecular weight excluding hydrogens is 416 g/mol. The van der Waals surface area contributed by atoms with Crippen LogP contribution in [-0.2, 0) is 9.47 Å². The Morgan fingerprint density at radius 1 is 1.23 bits per heavy atom. The Bertz CT molecular complexity index is 1090. The Morgan fingerprint density at radius 3 is 2.87 bits per heavy atom. The summed E-state index contributed by atoms with van der Waals surface area (Å²) in [4.78, 5) is 4.12. The molecule has 1 saturated carbocycles. The lowest BCUT2D eigenvalue weighted by Gasteiger charge is -2.29. The number of pyridine rings is 1. The monoisotopic (exact) mass is 440 g/mol. The molecule has 5 rings (SSSR count). The maximum absolute atomic E-state index is 6.09. The first-order chi connectivity index (χ1) is 15.1. The lowest BCUT2D eigenvalue weighted by atomic mass is 10.1. The van der Waals surface area contributed by atoms with Crippen LogP contribution in [0, 0.1) is 6.92 Å². The van der Waals surface area contributed by atoms with Gasteiger partial charge in [-0.15, -0.1) is 0 Å². The summed E-state index contributed by atoms with van der Waals surface area (Å²) in [6, 6.07) is 7.90. The summed E-state index contributed by atoms with van der Waals surface area (Å²) in [7, 11) is 1.67. The number of anilines is 2. The molecule has 2 fully saturated rings. The number of nitrogens with zero attached hydrogens (tertiary/aromatic N) is 3. The third-order valence-corrected chi connectivity index (χ3v) is 6.28. The van der Waals surface area contributed by atoms with Crippen LogP contribution in [0.25, 0.3) is 11.1 Å². The molecule has 3 aromatic rings. The van der Waals surface area contributed by atoms with Crippen molar-refractivity contribution in [2.45, 2.75) is 38.0 Å². The van der Waals surface area contributed by atoms with Crippen LogP contribution in [0.3, 0.4) is 0 Å². The second kappa shape index (κ2) is 8.15. The first-order valence-electron chi connectivity index (χ1n) is 10.5. The van der Waals surface area contributed by atoms with Gasteiger partial charge in [-0.1, -0.05) is 23.7 Å². The normalized spacial score (nSPS) is 19.8. The average molecular weight is 441 g/mol. The highest BCUT2D eigenvalue weighted by Gasteiger charge is 2.49. The van der Waals surface area contributed by atoms with Gasteiger partial charge in [0.1, 0.15) is 16.9 Å². The number of rotatable bonds is 5. The van der Waals surface area contributed by atoms with E-state index < -0.39 is 5.79 Å². The van der Waals surface area contributed by atoms with Crippen molar-refractivity contribution in [1.82, 2.24) is 14.8 Å². The number of aromatic nitrogens is 3. The molecule has 7 nitrogen and oxygen atoms in total. The third-order valence-electron chi connectivity index (χ3n) is 6.08. The van der Waals surface area contributed by atoms with E-state index in [0.29, 0.717) is 18.4 Å². The van der Waals surface area contributed by atoms with Gasteiger partial charge < -0.3 is 19.5 Å². The van der Waals surface area contributed by atoms with E-state index >= 15 is 0 Å². The Morgan fingerprint density at radius 2 is 2.06 bits per heavy atom. The molecule has 0 radical (unpaired) electrons. The van der Waals surface area contributed by atoms with Crippen LogP contribution < -0.4 is 10.1 Å². The van der Waals surface area contributed by atoms with Gasteiger partial charge in [-0.05, 0) is 37.5 Å². The van der Waals surface area contributed by atoms with Gasteiger partial charge in [-0.25, -0.2) is 4.98 Å². The van der Waals surface area contributed by atoms with E-state index in [2.05, 4.69) is 21.6 Å². The van der Waals surface area contributed by atoms with Crippen molar-refractivity contribution >= 4 is 23.0 Å². The highest BCUT2D eigenvalue weighted by molar-refractivity contribution is 6.29. The summed E-state index contributed by atoms with van der Waals surface area (Å²) in [6.45, 7) is 3.27. The molecular formula is C23H25ClN4O3.